The minimum atomic E-state index is -3.48. The number of anilines is 2. The van der Waals surface area contributed by atoms with Crippen molar-refractivity contribution >= 4 is 27.2 Å². The van der Waals surface area contributed by atoms with E-state index in [1.54, 1.807) is 30.3 Å². The Labute approximate surface area is 173 Å². The maximum absolute atomic E-state index is 12.6. The molecular formula is C21H22FN3O4S. The van der Waals surface area contributed by atoms with Crippen LogP contribution >= 0.6 is 0 Å². The zero-order chi connectivity index (χ0) is 22.3. The number of sulfone groups is 1. The van der Waals surface area contributed by atoms with Crippen LogP contribution in [0.5, 0.6) is 0 Å². The van der Waals surface area contributed by atoms with Crippen LogP contribution in [0.2, 0.25) is 0 Å². The Morgan fingerprint density at radius 2 is 1.37 bits per heavy atom. The Hall–Kier alpha value is -3.43. The molecule has 0 saturated heterocycles. The molecule has 0 aliphatic rings. The molecule has 0 amide bonds. The van der Waals surface area contributed by atoms with Gasteiger partial charge >= 0.3 is 5.97 Å². The summed E-state index contributed by atoms with van der Waals surface area (Å²) in [4.78, 5) is 10.8. The lowest BCUT2D eigenvalue weighted by Crippen LogP contribution is -2.32. The molecule has 0 fully saturated rings. The molecular weight excluding hydrogens is 409 g/mol. The van der Waals surface area contributed by atoms with Gasteiger partial charge in [-0.05, 0) is 72.6 Å². The van der Waals surface area contributed by atoms with Crippen LogP contribution < -0.4 is 17.2 Å². The van der Waals surface area contributed by atoms with Crippen LogP contribution in [-0.2, 0) is 21.1 Å². The Kier molecular flexibility index (Phi) is 7.51. The van der Waals surface area contributed by atoms with Crippen molar-refractivity contribution in [2.24, 2.45) is 5.73 Å². The second-order valence-corrected chi connectivity index (χ2v) is 8.37. The van der Waals surface area contributed by atoms with Crippen LogP contribution in [0.25, 0.3) is 0 Å². The molecule has 0 radical (unpaired) electrons. The molecule has 3 rings (SSSR count). The van der Waals surface area contributed by atoms with Crippen molar-refractivity contribution in [3.05, 3.63) is 84.2 Å². The number of rotatable bonds is 5. The summed E-state index contributed by atoms with van der Waals surface area (Å²) in [6.07, 6.45) is 0.146. The molecule has 0 bridgehead atoms. The second-order valence-electron chi connectivity index (χ2n) is 6.42. The van der Waals surface area contributed by atoms with Gasteiger partial charge in [0.1, 0.15) is 11.9 Å². The van der Waals surface area contributed by atoms with E-state index in [0.29, 0.717) is 16.9 Å². The van der Waals surface area contributed by atoms with Crippen molar-refractivity contribution in [2.45, 2.75) is 22.3 Å². The van der Waals surface area contributed by atoms with Crippen molar-refractivity contribution in [3.8, 4) is 0 Å². The predicted molar refractivity (Wildman–Crippen MR) is 113 cm³/mol. The number of halogens is 1. The fraction of sp³-hybridized carbons (Fsp3) is 0.0952. The topological polar surface area (TPSA) is 150 Å². The SMILES string of the molecule is NC(Cc1cccc(F)c1)C(=O)O.Nc1ccc(S(=O)(=O)c2ccc(N)cc2)cc1. The molecule has 0 aromatic heterocycles. The van der Waals surface area contributed by atoms with Gasteiger partial charge in [0.2, 0.25) is 9.84 Å². The number of hydrogen-bond acceptors (Lipinski definition) is 6. The van der Waals surface area contributed by atoms with Gasteiger partial charge in [0.05, 0.1) is 9.79 Å². The van der Waals surface area contributed by atoms with Crippen LogP contribution in [0.15, 0.2) is 82.6 Å². The number of carboxylic acids is 1. The first-order valence-corrected chi connectivity index (χ1v) is 10.3. The van der Waals surface area contributed by atoms with Gasteiger partial charge in [-0.25, -0.2) is 12.8 Å². The first kappa shape index (κ1) is 22.9. The van der Waals surface area contributed by atoms with Crippen molar-refractivity contribution in [3.63, 3.8) is 0 Å². The van der Waals surface area contributed by atoms with Crippen LogP contribution in [0.4, 0.5) is 15.8 Å². The largest absolute Gasteiger partial charge is 0.480 e. The minimum absolute atomic E-state index is 0.146. The Bertz CT molecular complexity index is 1050. The van der Waals surface area contributed by atoms with Crippen molar-refractivity contribution in [2.75, 3.05) is 11.5 Å². The van der Waals surface area contributed by atoms with Gasteiger partial charge in [-0.2, -0.15) is 0 Å². The number of nitrogen functional groups attached to an aromatic ring is 2. The fourth-order valence-corrected chi connectivity index (χ4v) is 3.70. The normalized spacial score (nSPS) is 11.8. The highest BCUT2D eigenvalue weighted by Crippen LogP contribution is 2.22. The lowest BCUT2D eigenvalue weighted by molar-refractivity contribution is -0.138. The molecule has 1 unspecified atom stereocenters. The highest BCUT2D eigenvalue weighted by molar-refractivity contribution is 7.91. The van der Waals surface area contributed by atoms with Crippen molar-refractivity contribution < 1.29 is 22.7 Å². The van der Waals surface area contributed by atoms with E-state index < -0.39 is 21.8 Å². The standard InChI is InChI=1S/C12H12N2O2S.C9H10FNO2/c13-9-1-5-11(6-2-9)17(15,16)12-7-3-10(14)4-8-12;10-7-3-1-2-6(4-7)5-8(11)9(12)13/h1-8H,13-14H2;1-4,8H,5,11H2,(H,12,13). The minimum Gasteiger partial charge on any atom is -0.480 e. The Morgan fingerprint density at radius 3 is 1.77 bits per heavy atom. The maximum Gasteiger partial charge on any atom is 0.320 e. The molecule has 9 heteroatoms. The van der Waals surface area contributed by atoms with E-state index in [1.165, 1.54) is 42.5 Å². The molecule has 0 aliphatic carbocycles. The zero-order valence-corrected chi connectivity index (χ0v) is 16.7. The molecule has 0 saturated carbocycles. The van der Waals surface area contributed by atoms with Gasteiger partial charge in [-0.15, -0.1) is 0 Å². The van der Waals surface area contributed by atoms with Crippen molar-refractivity contribution in [1.82, 2.24) is 0 Å². The molecule has 0 heterocycles. The summed E-state index contributed by atoms with van der Waals surface area (Å²) in [6, 6.07) is 17.0. The fourth-order valence-electron chi connectivity index (χ4n) is 2.44. The molecule has 7 N–H and O–H groups in total. The third kappa shape index (κ3) is 6.29. The number of hydrogen-bond donors (Lipinski definition) is 4. The molecule has 3 aromatic carbocycles. The van der Waals surface area contributed by atoms with Gasteiger partial charge in [0.25, 0.3) is 0 Å². The van der Waals surface area contributed by atoms with Gasteiger partial charge in [0, 0.05) is 11.4 Å². The van der Waals surface area contributed by atoms with Gasteiger partial charge in [0.15, 0.2) is 0 Å². The highest BCUT2D eigenvalue weighted by atomic mass is 32.2. The molecule has 30 heavy (non-hydrogen) atoms. The van der Waals surface area contributed by atoms with Crippen LogP contribution in [0.1, 0.15) is 5.56 Å². The molecule has 1 atom stereocenters. The first-order chi connectivity index (χ1) is 14.1. The number of nitrogens with two attached hydrogens (primary N) is 3. The third-order valence-corrected chi connectivity index (χ3v) is 5.83. The van der Waals surface area contributed by atoms with E-state index in [9.17, 15) is 17.6 Å². The van der Waals surface area contributed by atoms with E-state index in [4.69, 9.17) is 22.3 Å². The maximum atomic E-state index is 12.6. The Morgan fingerprint density at radius 1 is 0.900 bits per heavy atom. The molecule has 0 aliphatic heterocycles. The summed E-state index contributed by atoms with van der Waals surface area (Å²) in [5.74, 6) is -1.46. The highest BCUT2D eigenvalue weighted by Gasteiger charge is 2.16. The average molecular weight is 431 g/mol. The predicted octanol–water partition coefficient (Wildman–Crippen LogP) is 2.46. The summed E-state index contributed by atoms with van der Waals surface area (Å²) in [5.41, 5.74) is 18.0. The summed E-state index contributed by atoms with van der Waals surface area (Å²) >= 11 is 0. The summed E-state index contributed by atoms with van der Waals surface area (Å²) in [5, 5.41) is 8.49. The molecule has 0 spiro atoms. The van der Waals surface area contributed by atoms with Gasteiger partial charge in [-0.1, -0.05) is 12.1 Å². The van der Waals surface area contributed by atoms with E-state index in [-0.39, 0.29) is 22.0 Å². The van der Waals surface area contributed by atoms with Crippen LogP contribution in [0, 0.1) is 5.82 Å². The average Bonchev–Trinajstić information content (AvgIpc) is 2.69. The van der Waals surface area contributed by atoms with Crippen LogP contribution in [0.3, 0.4) is 0 Å². The summed E-state index contributed by atoms with van der Waals surface area (Å²) < 4.78 is 37.0. The third-order valence-electron chi connectivity index (χ3n) is 4.04. The number of carbonyl (C=O) groups is 1. The zero-order valence-electron chi connectivity index (χ0n) is 15.9. The molecule has 3 aromatic rings. The quantitative estimate of drug-likeness (QED) is 0.453. The van der Waals surface area contributed by atoms with Crippen molar-refractivity contribution in [1.29, 1.82) is 0 Å². The Balaban J connectivity index is 0.000000222. The van der Waals surface area contributed by atoms with Gasteiger partial charge < -0.3 is 22.3 Å². The molecule has 158 valence electrons. The second kappa shape index (κ2) is 9.86. The smallest absolute Gasteiger partial charge is 0.320 e. The van der Waals surface area contributed by atoms with E-state index in [0.717, 1.165) is 0 Å². The number of carboxylic acid groups (broad SMARTS) is 1. The molecule has 7 nitrogen and oxygen atoms in total. The lowest BCUT2D eigenvalue weighted by atomic mass is 10.1. The van der Waals surface area contributed by atoms with E-state index >= 15 is 0 Å². The monoisotopic (exact) mass is 431 g/mol. The van der Waals surface area contributed by atoms with Crippen LogP contribution in [-0.4, -0.2) is 25.5 Å². The number of benzene rings is 3. The summed E-state index contributed by atoms with van der Waals surface area (Å²) in [6.45, 7) is 0. The lowest BCUT2D eigenvalue weighted by Gasteiger charge is -2.05. The summed E-state index contributed by atoms with van der Waals surface area (Å²) in [7, 11) is -3.48. The van der Waals surface area contributed by atoms with E-state index in [1.807, 2.05) is 0 Å². The van der Waals surface area contributed by atoms with E-state index in [2.05, 4.69) is 0 Å². The first-order valence-electron chi connectivity index (χ1n) is 8.78. The number of aliphatic carboxylic acids is 1. The van der Waals surface area contributed by atoms with Gasteiger partial charge in [-0.3, -0.25) is 4.79 Å².